The Labute approximate surface area is 109 Å². The Morgan fingerprint density at radius 3 is 2.72 bits per heavy atom. The molecule has 0 saturated carbocycles. The molecule has 0 aliphatic rings. The molecule has 0 amide bonds. The predicted octanol–water partition coefficient (Wildman–Crippen LogP) is 0.807. The maximum absolute atomic E-state index is 9.07. The van der Waals surface area contributed by atoms with E-state index in [0.29, 0.717) is 13.2 Å². The zero-order valence-electron chi connectivity index (χ0n) is 11.4. The van der Waals surface area contributed by atoms with E-state index in [4.69, 9.17) is 9.84 Å². The fourth-order valence-electron chi connectivity index (χ4n) is 1.68. The summed E-state index contributed by atoms with van der Waals surface area (Å²) in [6, 6.07) is 4.28. The number of nitrogens with zero attached hydrogens (tertiary/aromatic N) is 2. The van der Waals surface area contributed by atoms with Crippen molar-refractivity contribution in [2.45, 2.75) is 13.0 Å². The summed E-state index contributed by atoms with van der Waals surface area (Å²) in [5.74, 6) is 0. The zero-order chi connectivity index (χ0) is 13.4. The molecule has 1 rings (SSSR count). The maximum Gasteiger partial charge on any atom is 0.0637 e. The number of hydrogen-bond donors (Lipinski definition) is 2. The van der Waals surface area contributed by atoms with Crippen molar-refractivity contribution in [2.24, 2.45) is 0 Å². The van der Waals surface area contributed by atoms with Crippen LogP contribution in [-0.4, -0.2) is 50.6 Å². The van der Waals surface area contributed by atoms with E-state index in [9.17, 15) is 0 Å². The van der Waals surface area contributed by atoms with Crippen LogP contribution in [0.25, 0.3) is 0 Å². The Morgan fingerprint density at radius 1 is 1.44 bits per heavy atom. The number of methoxy groups -OCH3 is 1. The highest BCUT2D eigenvalue weighted by molar-refractivity contribution is 5.44. The van der Waals surface area contributed by atoms with Gasteiger partial charge in [0.2, 0.25) is 0 Å². The third-order valence-corrected chi connectivity index (χ3v) is 2.95. The summed E-state index contributed by atoms with van der Waals surface area (Å²) in [6.45, 7) is 4.16. The van der Waals surface area contributed by atoms with Crippen LogP contribution >= 0.6 is 0 Å². The topological polar surface area (TPSA) is 57.6 Å². The van der Waals surface area contributed by atoms with Crippen LogP contribution in [0.1, 0.15) is 18.7 Å². The van der Waals surface area contributed by atoms with Crippen LogP contribution in [0.3, 0.4) is 0 Å². The van der Waals surface area contributed by atoms with Gasteiger partial charge in [-0.15, -0.1) is 0 Å². The fourth-order valence-corrected chi connectivity index (χ4v) is 1.68. The molecule has 2 N–H and O–H groups in total. The van der Waals surface area contributed by atoms with Gasteiger partial charge in [-0.2, -0.15) is 0 Å². The molecule has 5 nitrogen and oxygen atoms in total. The summed E-state index contributed by atoms with van der Waals surface area (Å²) in [5, 5.41) is 12.2. The number of aromatic nitrogens is 1. The van der Waals surface area contributed by atoms with Gasteiger partial charge in [0.05, 0.1) is 30.8 Å². The lowest BCUT2D eigenvalue weighted by Crippen LogP contribution is -2.30. The lowest BCUT2D eigenvalue weighted by atomic mass is 10.2. The van der Waals surface area contributed by atoms with Gasteiger partial charge in [-0.05, 0) is 26.1 Å². The van der Waals surface area contributed by atoms with Crippen molar-refractivity contribution < 1.29 is 9.84 Å². The molecule has 1 unspecified atom stereocenters. The molecule has 1 aromatic heterocycles. The average Bonchev–Trinajstić information content (AvgIpc) is 2.43. The molecule has 0 fully saturated rings. The van der Waals surface area contributed by atoms with Crippen LogP contribution in [0.4, 0.5) is 5.69 Å². The van der Waals surface area contributed by atoms with Crippen LogP contribution in [0, 0.1) is 0 Å². The van der Waals surface area contributed by atoms with Gasteiger partial charge in [0.1, 0.15) is 0 Å². The van der Waals surface area contributed by atoms with Gasteiger partial charge in [0.25, 0.3) is 0 Å². The van der Waals surface area contributed by atoms with Crippen molar-refractivity contribution in [3.05, 3.63) is 24.0 Å². The number of ether oxygens (including phenoxy) is 1. The first-order valence-electron chi connectivity index (χ1n) is 6.21. The molecule has 0 spiro atoms. The fraction of sp³-hybridized carbons (Fsp3) is 0.615. The number of anilines is 1. The third kappa shape index (κ3) is 4.25. The van der Waals surface area contributed by atoms with Gasteiger partial charge in [0, 0.05) is 26.2 Å². The first-order chi connectivity index (χ1) is 8.72. The van der Waals surface area contributed by atoms with Crippen molar-refractivity contribution >= 4 is 5.69 Å². The minimum absolute atomic E-state index is 0.123. The zero-order valence-corrected chi connectivity index (χ0v) is 11.4. The standard InChI is InChI=1S/C13H23N3O2/c1-11(14-2)13-5-4-12(10-15-13)16(6-8-17)7-9-18-3/h4-5,10-11,14,17H,6-9H2,1-3H3. The summed E-state index contributed by atoms with van der Waals surface area (Å²) in [6.07, 6.45) is 1.84. The number of aliphatic hydroxyl groups excluding tert-OH is 1. The lowest BCUT2D eigenvalue weighted by Gasteiger charge is -2.23. The Morgan fingerprint density at radius 2 is 2.22 bits per heavy atom. The second kappa shape index (κ2) is 8.02. The van der Waals surface area contributed by atoms with Gasteiger partial charge < -0.3 is 20.1 Å². The van der Waals surface area contributed by atoms with E-state index in [1.165, 1.54) is 0 Å². The highest BCUT2D eigenvalue weighted by Crippen LogP contribution is 2.15. The number of hydrogen-bond acceptors (Lipinski definition) is 5. The minimum Gasteiger partial charge on any atom is -0.395 e. The van der Waals surface area contributed by atoms with Gasteiger partial charge in [-0.3, -0.25) is 4.98 Å². The second-order valence-corrected chi connectivity index (χ2v) is 4.16. The van der Waals surface area contributed by atoms with E-state index in [1.54, 1.807) is 7.11 Å². The third-order valence-electron chi connectivity index (χ3n) is 2.95. The summed E-state index contributed by atoms with van der Waals surface area (Å²) >= 11 is 0. The number of nitrogens with one attached hydrogen (secondary N) is 1. The molecule has 0 aliphatic heterocycles. The van der Waals surface area contributed by atoms with Crippen LogP contribution in [0.5, 0.6) is 0 Å². The van der Waals surface area contributed by atoms with Crippen molar-refractivity contribution in [1.82, 2.24) is 10.3 Å². The van der Waals surface area contributed by atoms with Gasteiger partial charge in [0.15, 0.2) is 0 Å². The van der Waals surface area contributed by atoms with E-state index in [0.717, 1.165) is 17.9 Å². The highest BCUT2D eigenvalue weighted by Gasteiger charge is 2.08. The number of aliphatic hydroxyl groups is 1. The normalized spacial score (nSPS) is 12.4. The number of pyridine rings is 1. The van der Waals surface area contributed by atoms with Gasteiger partial charge in [-0.25, -0.2) is 0 Å². The quantitative estimate of drug-likeness (QED) is 0.718. The predicted molar refractivity (Wildman–Crippen MR) is 72.9 cm³/mol. The highest BCUT2D eigenvalue weighted by atomic mass is 16.5. The van der Waals surface area contributed by atoms with Crippen LogP contribution < -0.4 is 10.2 Å². The first kappa shape index (κ1) is 14.9. The van der Waals surface area contributed by atoms with Gasteiger partial charge >= 0.3 is 0 Å². The molecular formula is C13H23N3O2. The Balaban J connectivity index is 2.73. The van der Waals surface area contributed by atoms with Crippen molar-refractivity contribution in [3.63, 3.8) is 0 Å². The molecule has 5 heteroatoms. The van der Waals surface area contributed by atoms with Crippen molar-refractivity contribution in [2.75, 3.05) is 45.4 Å². The smallest absolute Gasteiger partial charge is 0.0637 e. The monoisotopic (exact) mass is 253 g/mol. The molecule has 1 atom stereocenters. The first-order valence-corrected chi connectivity index (χ1v) is 6.21. The summed E-state index contributed by atoms with van der Waals surface area (Å²) in [5.41, 5.74) is 2.02. The van der Waals surface area contributed by atoms with Crippen molar-refractivity contribution in [3.8, 4) is 0 Å². The SMILES string of the molecule is CNC(C)c1ccc(N(CCO)CCOC)cn1. The Bertz CT molecular complexity index is 330. The molecule has 0 aliphatic carbocycles. The lowest BCUT2D eigenvalue weighted by molar-refractivity contribution is 0.203. The van der Waals surface area contributed by atoms with Crippen molar-refractivity contribution in [1.29, 1.82) is 0 Å². The largest absolute Gasteiger partial charge is 0.395 e. The Hall–Kier alpha value is -1.17. The molecule has 0 aromatic carbocycles. The average molecular weight is 253 g/mol. The van der Waals surface area contributed by atoms with E-state index in [1.807, 2.05) is 25.4 Å². The van der Waals surface area contributed by atoms with Crippen LogP contribution in [0.2, 0.25) is 0 Å². The van der Waals surface area contributed by atoms with Crippen LogP contribution in [0.15, 0.2) is 18.3 Å². The summed E-state index contributed by atoms with van der Waals surface area (Å²) < 4.78 is 5.07. The molecule has 0 radical (unpaired) electrons. The minimum atomic E-state index is 0.123. The Kier molecular flexibility index (Phi) is 6.64. The van der Waals surface area contributed by atoms with E-state index < -0.39 is 0 Å². The van der Waals surface area contributed by atoms with Crippen LogP contribution in [-0.2, 0) is 4.74 Å². The molecule has 0 bridgehead atoms. The van der Waals surface area contributed by atoms with E-state index in [2.05, 4.69) is 22.1 Å². The summed E-state index contributed by atoms with van der Waals surface area (Å²) in [4.78, 5) is 6.49. The summed E-state index contributed by atoms with van der Waals surface area (Å²) in [7, 11) is 3.59. The molecule has 0 saturated heterocycles. The number of rotatable bonds is 8. The molecular weight excluding hydrogens is 230 g/mol. The second-order valence-electron chi connectivity index (χ2n) is 4.16. The van der Waals surface area contributed by atoms with Gasteiger partial charge in [-0.1, -0.05) is 0 Å². The maximum atomic E-state index is 9.07. The molecule has 102 valence electrons. The molecule has 1 heterocycles. The van der Waals surface area contributed by atoms with E-state index in [-0.39, 0.29) is 12.6 Å². The molecule has 18 heavy (non-hydrogen) atoms. The van der Waals surface area contributed by atoms with E-state index >= 15 is 0 Å². The molecule has 1 aromatic rings.